The molecule has 2 unspecified atom stereocenters. The molecule has 23 heavy (non-hydrogen) atoms. The molecule has 1 amide bonds. The number of nitrogens with one attached hydrogen (secondary N) is 2. The highest BCUT2D eigenvalue weighted by atomic mass is 16.4. The molecule has 4 heterocycles. The van der Waals surface area contributed by atoms with Gasteiger partial charge in [0.1, 0.15) is 5.76 Å². The molecule has 2 fully saturated rings. The Balaban J connectivity index is 1.49. The van der Waals surface area contributed by atoms with E-state index in [2.05, 4.69) is 20.7 Å². The van der Waals surface area contributed by atoms with Crippen LogP contribution in [0.25, 0.3) is 11.5 Å². The van der Waals surface area contributed by atoms with E-state index in [4.69, 9.17) is 4.42 Å². The normalized spacial score (nSPS) is 26.4. The second-order valence-corrected chi connectivity index (χ2v) is 6.61. The van der Waals surface area contributed by atoms with E-state index in [1.807, 2.05) is 13.2 Å². The van der Waals surface area contributed by atoms with Crippen LogP contribution in [-0.4, -0.2) is 38.8 Å². The van der Waals surface area contributed by atoms with Crippen LogP contribution in [0.2, 0.25) is 0 Å². The lowest BCUT2D eigenvalue weighted by Gasteiger charge is -2.29. The van der Waals surface area contributed by atoms with Crippen molar-refractivity contribution in [3.8, 4) is 11.5 Å². The number of hydrogen-bond donors (Lipinski definition) is 2. The van der Waals surface area contributed by atoms with Crippen molar-refractivity contribution in [2.75, 3.05) is 0 Å². The minimum atomic E-state index is -0.146. The summed E-state index contributed by atoms with van der Waals surface area (Å²) in [5.74, 6) is 0.831. The Morgan fingerprint density at radius 3 is 2.78 bits per heavy atom. The summed E-state index contributed by atoms with van der Waals surface area (Å²) in [5.41, 5.74) is 1.14. The molecule has 0 aliphatic carbocycles. The zero-order valence-electron chi connectivity index (χ0n) is 13.4. The van der Waals surface area contributed by atoms with Crippen LogP contribution in [0.15, 0.2) is 16.8 Å². The number of oxazole rings is 1. The predicted molar refractivity (Wildman–Crippen MR) is 83.9 cm³/mol. The van der Waals surface area contributed by atoms with Crippen molar-refractivity contribution < 1.29 is 9.21 Å². The zero-order valence-corrected chi connectivity index (χ0v) is 13.4. The van der Waals surface area contributed by atoms with Crippen molar-refractivity contribution in [1.29, 1.82) is 0 Å². The van der Waals surface area contributed by atoms with Gasteiger partial charge in [0.25, 0.3) is 5.91 Å². The summed E-state index contributed by atoms with van der Waals surface area (Å²) < 4.78 is 7.32. The summed E-state index contributed by atoms with van der Waals surface area (Å²) in [5, 5.41) is 10.8. The summed E-state index contributed by atoms with van der Waals surface area (Å²) in [6.07, 6.45) is 7.91. The van der Waals surface area contributed by atoms with Crippen molar-refractivity contribution in [3.63, 3.8) is 0 Å². The fourth-order valence-electron chi connectivity index (χ4n) is 3.69. The van der Waals surface area contributed by atoms with Crippen LogP contribution in [0.4, 0.5) is 0 Å². The van der Waals surface area contributed by atoms with Gasteiger partial charge < -0.3 is 15.1 Å². The minimum Gasteiger partial charge on any atom is -0.440 e. The highest BCUT2D eigenvalue weighted by molar-refractivity contribution is 5.93. The van der Waals surface area contributed by atoms with Crippen molar-refractivity contribution >= 4 is 5.91 Å². The van der Waals surface area contributed by atoms with Crippen LogP contribution in [0.5, 0.6) is 0 Å². The number of carbonyl (C=O) groups is 1. The van der Waals surface area contributed by atoms with E-state index in [-0.39, 0.29) is 11.9 Å². The van der Waals surface area contributed by atoms with Crippen LogP contribution in [-0.2, 0) is 7.05 Å². The van der Waals surface area contributed by atoms with Gasteiger partial charge in [-0.15, -0.1) is 0 Å². The summed E-state index contributed by atoms with van der Waals surface area (Å²) in [6.45, 7) is 1.77. The van der Waals surface area contributed by atoms with Gasteiger partial charge in [-0.3, -0.25) is 9.48 Å². The molecule has 7 nitrogen and oxygen atoms in total. The smallest absolute Gasteiger partial charge is 0.273 e. The fourth-order valence-corrected chi connectivity index (χ4v) is 3.69. The van der Waals surface area contributed by atoms with E-state index in [1.54, 1.807) is 17.8 Å². The molecule has 2 aromatic rings. The van der Waals surface area contributed by atoms with Crippen LogP contribution in [0, 0.1) is 6.92 Å². The van der Waals surface area contributed by atoms with Gasteiger partial charge in [-0.2, -0.15) is 5.10 Å². The first-order chi connectivity index (χ1) is 11.1. The number of amides is 1. The number of carbonyl (C=O) groups excluding carboxylic acids is 1. The van der Waals surface area contributed by atoms with Gasteiger partial charge in [0.05, 0.1) is 11.8 Å². The first-order valence-corrected chi connectivity index (χ1v) is 8.12. The van der Waals surface area contributed by atoms with Crippen molar-refractivity contribution in [2.24, 2.45) is 7.05 Å². The maximum Gasteiger partial charge on any atom is 0.273 e. The SMILES string of the molecule is Cc1oc(-c2cnn(C)c2)nc1C(=O)NC1CC2CCC(C1)N2. The highest BCUT2D eigenvalue weighted by Crippen LogP contribution is 2.27. The first-order valence-electron chi connectivity index (χ1n) is 8.12. The Morgan fingerprint density at radius 2 is 2.13 bits per heavy atom. The molecule has 2 N–H and O–H groups in total. The van der Waals surface area contributed by atoms with Crippen LogP contribution < -0.4 is 10.6 Å². The predicted octanol–water partition coefficient (Wildman–Crippen LogP) is 1.40. The lowest BCUT2D eigenvalue weighted by Crippen LogP contribution is -2.48. The number of piperidine rings is 1. The molecule has 2 aromatic heterocycles. The number of aromatic nitrogens is 3. The van der Waals surface area contributed by atoms with Gasteiger partial charge in [0.2, 0.25) is 5.89 Å². The average molecular weight is 315 g/mol. The molecule has 2 aliphatic heterocycles. The summed E-state index contributed by atoms with van der Waals surface area (Å²) >= 11 is 0. The molecule has 0 saturated carbocycles. The zero-order chi connectivity index (χ0) is 16.0. The van der Waals surface area contributed by atoms with Gasteiger partial charge in [-0.25, -0.2) is 4.98 Å². The van der Waals surface area contributed by atoms with E-state index in [1.165, 1.54) is 12.8 Å². The number of hydrogen-bond acceptors (Lipinski definition) is 5. The number of fused-ring (bicyclic) bond motifs is 2. The van der Waals surface area contributed by atoms with Crippen molar-refractivity contribution in [2.45, 2.75) is 50.7 Å². The molecular weight excluding hydrogens is 294 g/mol. The molecule has 7 heteroatoms. The minimum absolute atomic E-state index is 0.146. The maximum atomic E-state index is 12.5. The van der Waals surface area contributed by atoms with E-state index in [0.29, 0.717) is 29.4 Å². The molecule has 2 bridgehead atoms. The standard InChI is InChI=1S/C16H21N5O2/c1-9-14(20-16(23-9)10-7-17-21(2)8-10)15(22)19-13-5-11-3-4-12(6-13)18-11/h7-8,11-13,18H,3-6H2,1-2H3,(H,19,22). The fraction of sp³-hybridized carbons (Fsp3) is 0.562. The Bertz CT molecular complexity index is 723. The third-order valence-electron chi connectivity index (χ3n) is 4.77. The Kier molecular flexibility index (Phi) is 3.45. The van der Waals surface area contributed by atoms with Gasteiger partial charge >= 0.3 is 0 Å². The van der Waals surface area contributed by atoms with Gasteiger partial charge in [-0.1, -0.05) is 0 Å². The number of nitrogens with zero attached hydrogens (tertiary/aromatic N) is 3. The van der Waals surface area contributed by atoms with Gasteiger partial charge in [0, 0.05) is 31.4 Å². The monoisotopic (exact) mass is 315 g/mol. The summed E-state index contributed by atoms with van der Waals surface area (Å²) in [6, 6.07) is 1.31. The van der Waals surface area contributed by atoms with Gasteiger partial charge in [0.15, 0.2) is 5.69 Å². The molecule has 0 aromatic carbocycles. The molecule has 0 radical (unpaired) electrons. The molecule has 2 aliphatic rings. The Hall–Kier alpha value is -2.15. The Labute approximate surface area is 134 Å². The van der Waals surface area contributed by atoms with E-state index < -0.39 is 0 Å². The first kappa shape index (κ1) is 14.4. The van der Waals surface area contributed by atoms with Crippen LogP contribution in [0.1, 0.15) is 41.9 Å². The molecule has 2 atom stereocenters. The summed E-state index contributed by atoms with van der Waals surface area (Å²) in [4.78, 5) is 16.9. The van der Waals surface area contributed by atoms with Crippen molar-refractivity contribution in [1.82, 2.24) is 25.4 Å². The average Bonchev–Trinajstić information content (AvgIpc) is 3.18. The van der Waals surface area contributed by atoms with Crippen molar-refractivity contribution in [3.05, 3.63) is 23.8 Å². The highest BCUT2D eigenvalue weighted by Gasteiger charge is 2.34. The van der Waals surface area contributed by atoms with Crippen LogP contribution in [0.3, 0.4) is 0 Å². The van der Waals surface area contributed by atoms with Gasteiger partial charge in [-0.05, 0) is 32.6 Å². The topological polar surface area (TPSA) is 85.0 Å². The van der Waals surface area contributed by atoms with E-state index in [0.717, 1.165) is 18.4 Å². The molecular formula is C16H21N5O2. The lowest BCUT2D eigenvalue weighted by molar-refractivity contribution is 0.0918. The molecule has 0 spiro atoms. The quantitative estimate of drug-likeness (QED) is 0.894. The lowest BCUT2D eigenvalue weighted by atomic mass is 10.00. The number of rotatable bonds is 3. The van der Waals surface area contributed by atoms with E-state index >= 15 is 0 Å². The van der Waals surface area contributed by atoms with Crippen LogP contribution >= 0.6 is 0 Å². The molecule has 122 valence electrons. The third-order valence-corrected chi connectivity index (χ3v) is 4.77. The largest absolute Gasteiger partial charge is 0.440 e. The molecule has 2 saturated heterocycles. The second-order valence-electron chi connectivity index (χ2n) is 6.61. The second kappa shape index (κ2) is 5.49. The summed E-state index contributed by atoms with van der Waals surface area (Å²) in [7, 11) is 1.83. The van der Waals surface area contributed by atoms with E-state index in [9.17, 15) is 4.79 Å². The molecule has 4 rings (SSSR count). The maximum absolute atomic E-state index is 12.5. The third kappa shape index (κ3) is 2.76. The Morgan fingerprint density at radius 1 is 1.39 bits per heavy atom. The number of aryl methyl sites for hydroxylation is 2.